The highest BCUT2D eigenvalue weighted by molar-refractivity contribution is 5.98. The second-order valence-corrected chi connectivity index (χ2v) is 4.85. The molecule has 2 aliphatic heterocycles. The number of para-hydroxylation sites is 1. The van der Waals surface area contributed by atoms with Gasteiger partial charge in [-0.1, -0.05) is 6.07 Å². The van der Waals surface area contributed by atoms with Crippen LogP contribution in [0.5, 0.6) is 11.5 Å². The van der Waals surface area contributed by atoms with Gasteiger partial charge in [-0.25, -0.2) is 0 Å². The van der Waals surface area contributed by atoms with E-state index in [9.17, 15) is 4.79 Å². The molecule has 0 spiro atoms. The first kappa shape index (κ1) is 12.3. The van der Waals surface area contributed by atoms with E-state index in [2.05, 4.69) is 10.6 Å². The fourth-order valence-corrected chi connectivity index (χ4v) is 2.49. The van der Waals surface area contributed by atoms with Crippen molar-refractivity contribution < 1.29 is 14.3 Å². The van der Waals surface area contributed by atoms with Crippen LogP contribution in [0.2, 0.25) is 0 Å². The molecule has 1 saturated heterocycles. The maximum Gasteiger partial charge on any atom is 0.255 e. The summed E-state index contributed by atoms with van der Waals surface area (Å²) in [6.07, 6.45) is 2.11. The lowest BCUT2D eigenvalue weighted by molar-refractivity contribution is 0.0919. The van der Waals surface area contributed by atoms with Gasteiger partial charge in [-0.05, 0) is 31.5 Å². The molecule has 1 aromatic carbocycles. The normalized spacial score (nSPS) is 21.8. The summed E-state index contributed by atoms with van der Waals surface area (Å²) >= 11 is 0. The molecule has 0 aliphatic carbocycles. The van der Waals surface area contributed by atoms with Gasteiger partial charge in [0.2, 0.25) is 0 Å². The van der Waals surface area contributed by atoms with Gasteiger partial charge in [0.15, 0.2) is 11.5 Å². The lowest BCUT2D eigenvalue weighted by atomic mass is 10.1. The van der Waals surface area contributed by atoms with E-state index in [4.69, 9.17) is 9.47 Å². The molecule has 0 radical (unpaired) electrons. The lowest BCUT2D eigenvalue weighted by Crippen LogP contribution is -2.45. The van der Waals surface area contributed by atoms with Crippen molar-refractivity contribution in [2.24, 2.45) is 0 Å². The predicted octanol–water partition coefficient (Wildman–Crippen LogP) is 0.940. The number of piperidine rings is 1. The van der Waals surface area contributed by atoms with E-state index in [1.807, 2.05) is 12.1 Å². The number of hydrogen-bond donors (Lipinski definition) is 2. The first-order valence-corrected chi connectivity index (χ1v) is 6.75. The maximum atomic E-state index is 12.3. The number of rotatable bonds is 2. The Kier molecular flexibility index (Phi) is 3.55. The average molecular weight is 262 g/mol. The number of fused-ring (bicyclic) bond motifs is 1. The third-order valence-electron chi connectivity index (χ3n) is 3.44. The van der Waals surface area contributed by atoms with Crippen molar-refractivity contribution in [3.05, 3.63) is 23.8 Å². The molecule has 1 amide bonds. The molecule has 5 nitrogen and oxygen atoms in total. The zero-order chi connectivity index (χ0) is 13.1. The van der Waals surface area contributed by atoms with Gasteiger partial charge >= 0.3 is 0 Å². The summed E-state index contributed by atoms with van der Waals surface area (Å²) in [5, 5.41) is 6.33. The van der Waals surface area contributed by atoms with Crippen LogP contribution in [0.4, 0.5) is 0 Å². The molecule has 1 aromatic rings. The number of ether oxygens (including phenoxy) is 2. The van der Waals surface area contributed by atoms with Crippen molar-refractivity contribution in [3.63, 3.8) is 0 Å². The lowest BCUT2D eigenvalue weighted by Gasteiger charge is -2.25. The number of nitrogens with one attached hydrogen (secondary N) is 2. The smallest absolute Gasteiger partial charge is 0.255 e. The van der Waals surface area contributed by atoms with Gasteiger partial charge in [-0.2, -0.15) is 0 Å². The Hall–Kier alpha value is -1.75. The van der Waals surface area contributed by atoms with Crippen LogP contribution in [0, 0.1) is 0 Å². The summed E-state index contributed by atoms with van der Waals surface area (Å²) in [6.45, 7) is 2.88. The minimum Gasteiger partial charge on any atom is -0.486 e. The summed E-state index contributed by atoms with van der Waals surface area (Å²) < 4.78 is 11.1. The summed E-state index contributed by atoms with van der Waals surface area (Å²) in [5.74, 6) is 1.13. The van der Waals surface area contributed by atoms with E-state index in [-0.39, 0.29) is 11.9 Å². The molecule has 2 N–H and O–H groups in total. The molecule has 1 fully saturated rings. The molecule has 0 bridgehead atoms. The third-order valence-corrected chi connectivity index (χ3v) is 3.44. The van der Waals surface area contributed by atoms with Crippen LogP contribution in [0.25, 0.3) is 0 Å². The molecule has 2 heterocycles. The van der Waals surface area contributed by atoms with Gasteiger partial charge in [-0.3, -0.25) is 4.79 Å². The van der Waals surface area contributed by atoms with Crippen molar-refractivity contribution in [2.45, 2.75) is 18.9 Å². The van der Waals surface area contributed by atoms with E-state index < -0.39 is 0 Å². The van der Waals surface area contributed by atoms with E-state index in [1.54, 1.807) is 6.07 Å². The van der Waals surface area contributed by atoms with Crippen molar-refractivity contribution >= 4 is 5.91 Å². The van der Waals surface area contributed by atoms with Gasteiger partial charge in [0, 0.05) is 12.6 Å². The van der Waals surface area contributed by atoms with Crippen molar-refractivity contribution in [2.75, 3.05) is 26.3 Å². The van der Waals surface area contributed by atoms with Crippen molar-refractivity contribution in [1.82, 2.24) is 10.6 Å². The summed E-state index contributed by atoms with van der Waals surface area (Å²) in [5.41, 5.74) is 0.558. The number of carbonyl (C=O) groups excluding carboxylic acids is 1. The molecule has 0 saturated carbocycles. The van der Waals surface area contributed by atoms with Gasteiger partial charge in [0.1, 0.15) is 13.2 Å². The average Bonchev–Trinajstić information content (AvgIpc) is 2.47. The molecular weight excluding hydrogens is 244 g/mol. The van der Waals surface area contributed by atoms with Crippen LogP contribution in [0.15, 0.2) is 18.2 Å². The molecule has 5 heteroatoms. The standard InChI is InChI=1S/C14H18N2O3/c17-14(16-10-3-2-6-15-9-10)11-4-1-5-12-13(11)19-8-7-18-12/h1,4-5,10,15H,2-3,6-9H2,(H,16,17). The van der Waals surface area contributed by atoms with Crippen LogP contribution in [-0.4, -0.2) is 38.3 Å². The summed E-state index contributed by atoms with van der Waals surface area (Å²) in [6, 6.07) is 5.62. The Morgan fingerprint density at radius 1 is 1.32 bits per heavy atom. The molecule has 0 aromatic heterocycles. The minimum atomic E-state index is -0.0870. The number of hydrogen-bond acceptors (Lipinski definition) is 4. The van der Waals surface area contributed by atoms with Crippen LogP contribution in [-0.2, 0) is 0 Å². The summed E-state index contributed by atoms with van der Waals surface area (Å²) in [4.78, 5) is 12.3. The van der Waals surface area contributed by atoms with Gasteiger partial charge < -0.3 is 20.1 Å². The van der Waals surface area contributed by atoms with Gasteiger partial charge in [-0.15, -0.1) is 0 Å². The van der Waals surface area contributed by atoms with E-state index in [1.165, 1.54) is 0 Å². The van der Waals surface area contributed by atoms with Crippen LogP contribution in [0.1, 0.15) is 23.2 Å². The highest BCUT2D eigenvalue weighted by Gasteiger charge is 2.22. The van der Waals surface area contributed by atoms with Crippen molar-refractivity contribution in [1.29, 1.82) is 0 Å². The Morgan fingerprint density at radius 2 is 2.21 bits per heavy atom. The molecule has 2 aliphatic rings. The van der Waals surface area contributed by atoms with Crippen LogP contribution >= 0.6 is 0 Å². The van der Waals surface area contributed by atoms with Gasteiger partial charge in [0.25, 0.3) is 5.91 Å². The molecule has 19 heavy (non-hydrogen) atoms. The highest BCUT2D eigenvalue weighted by Crippen LogP contribution is 2.33. The van der Waals surface area contributed by atoms with Crippen LogP contribution < -0.4 is 20.1 Å². The zero-order valence-electron chi connectivity index (χ0n) is 10.8. The van der Waals surface area contributed by atoms with Crippen LogP contribution in [0.3, 0.4) is 0 Å². The van der Waals surface area contributed by atoms with E-state index >= 15 is 0 Å². The Labute approximate surface area is 112 Å². The second-order valence-electron chi connectivity index (χ2n) is 4.85. The zero-order valence-corrected chi connectivity index (χ0v) is 10.8. The molecule has 1 atom stereocenters. The Morgan fingerprint density at radius 3 is 3.05 bits per heavy atom. The minimum absolute atomic E-state index is 0.0870. The third kappa shape index (κ3) is 2.66. The van der Waals surface area contributed by atoms with E-state index in [0.29, 0.717) is 30.3 Å². The van der Waals surface area contributed by atoms with Gasteiger partial charge in [0.05, 0.1) is 5.56 Å². The second kappa shape index (κ2) is 5.48. The number of amides is 1. The van der Waals surface area contributed by atoms with Crippen molar-refractivity contribution in [3.8, 4) is 11.5 Å². The summed E-state index contributed by atoms with van der Waals surface area (Å²) in [7, 11) is 0. The number of benzene rings is 1. The Bertz CT molecular complexity index is 470. The fourth-order valence-electron chi connectivity index (χ4n) is 2.49. The first-order chi connectivity index (χ1) is 9.34. The maximum absolute atomic E-state index is 12.3. The highest BCUT2D eigenvalue weighted by atomic mass is 16.6. The quantitative estimate of drug-likeness (QED) is 0.833. The predicted molar refractivity (Wildman–Crippen MR) is 70.8 cm³/mol. The largest absolute Gasteiger partial charge is 0.486 e. The number of carbonyl (C=O) groups is 1. The first-order valence-electron chi connectivity index (χ1n) is 6.75. The fraction of sp³-hybridized carbons (Fsp3) is 0.500. The monoisotopic (exact) mass is 262 g/mol. The topological polar surface area (TPSA) is 59.6 Å². The Balaban J connectivity index is 1.75. The molecular formula is C14H18N2O3. The molecule has 3 rings (SSSR count). The molecule has 1 unspecified atom stereocenters. The van der Waals surface area contributed by atoms with E-state index in [0.717, 1.165) is 25.9 Å². The molecule has 102 valence electrons. The SMILES string of the molecule is O=C(NC1CCCNC1)c1cccc2c1OCCO2.